The molecule has 2 N–H and O–H groups in total. The molecule has 5 nitrogen and oxygen atoms in total. The summed E-state index contributed by atoms with van der Waals surface area (Å²) < 4.78 is 18.4. The third kappa shape index (κ3) is 3.43. The number of rotatable bonds is 3. The summed E-state index contributed by atoms with van der Waals surface area (Å²) >= 11 is 0. The minimum atomic E-state index is -0.937. The van der Waals surface area contributed by atoms with Gasteiger partial charge in [-0.1, -0.05) is 0 Å². The van der Waals surface area contributed by atoms with Crippen LogP contribution in [0.3, 0.4) is 0 Å². The second kappa shape index (κ2) is 5.69. The normalized spacial score (nSPS) is 11.8. The maximum Gasteiger partial charge on any atom is 0.339 e. The summed E-state index contributed by atoms with van der Waals surface area (Å²) in [6.07, 6.45) is -0.937. The van der Waals surface area contributed by atoms with Crippen molar-refractivity contribution in [3.63, 3.8) is 0 Å². The van der Waals surface area contributed by atoms with Crippen LogP contribution in [0.15, 0.2) is 12.1 Å². The number of likely N-dealkylation sites (N-methyl/N-ethyl adjacent to an activating group) is 1. The maximum atomic E-state index is 13.5. The molecule has 0 heterocycles. The van der Waals surface area contributed by atoms with Crippen LogP contribution >= 0.6 is 0 Å². The fourth-order valence-electron chi connectivity index (χ4n) is 1.46. The van der Waals surface area contributed by atoms with E-state index in [2.05, 4.69) is 0 Å². The maximum absolute atomic E-state index is 13.5. The number of nitrogen functional groups attached to an aromatic ring is 1. The van der Waals surface area contributed by atoms with Gasteiger partial charge in [0.15, 0.2) is 6.10 Å². The summed E-state index contributed by atoms with van der Waals surface area (Å²) in [5.74, 6) is -1.72. The highest BCUT2D eigenvalue weighted by Gasteiger charge is 2.21. The Bertz CT molecular complexity index is 492. The van der Waals surface area contributed by atoms with Crippen molar-refractivity contribution in [2.45, 2.75) is 20.0 Å². The molecule has 0 bridgehead atoms. The van der Waals surface area contributed by atoms with E-state index in [9.17, 15) is 14.0 Å². The quantitative estimate of drug-likeness (QED) is 0.663. The second-order valence-corrected chi connectivity index (χ2v) is 4.45. The molecule has 19 heavy (non-hydrogen) atoms. The van der Waals surface area contributed by atoms with E-state index in [4.69, 9.17) is 10.5 Å². The first-order valence-corrected chi connectivity index (χ1v) is 5.71. The van der Waals surface area contributed by atoms with Gasteiger partial charge in [0.1, 0.15) is 5.82 Å². The molecular weight excluding hydrogens is 251 g/mol. The lowest BCUT2D eigenvalue weighted by molar-refractivity contribution is -0.137. The van der Waals surface area contributed by atoms with Gasteiger partial charge in [0.05, 0.1) is 5.56 Å². The zero-order valence-corrected chi connectivity index (χ0v) is 11.4. The summed E-state index contributed by atoms with van der Waals surface area (Å²) in [4.78, 5) is 24.6. The topological polar surface area (TPSA) is 72.6 Å². The van der Waals surface area contributed by atoms with Crippen LogP contribution < -0.4 is 5.73 Å². The Hall–Kier alpha value is -2.11. The van der Waals surface area contributed by atoms with Gasteiger partial charge in [0.25, 0.3) is 5.91 Å². The van der Waals surface area contributed by atoms with Gasteiger partial charge in [0.2, 0.25) is 0 Å². The molecule has 0 aromatic heterocycles. The van der Waals surface area contributed by atoms with Crippen molar-refractivity contribution in [1.29, 1.82) is 0 Å². The van der Waals surface area contributed by atoms with Gasteiger partial charge < -0.3 is 15.4 Å². The molecule has 1 aromatic rings. The average molecular weight is 268 g/mol. The minimum Gasteiger partial charge on any atom is -0.449 e. The van der Waals surface area contributed by atoms with Gasteiger partial charge in [0, 0.05) is 25.3 Å². The molecule has 0 saturated heterocycles. The van der Waals surface area contributed by atoms with Gasteiger partial charge in [-0.2, -0.15) is 0 Å². The molecule has 0 fully saturated rings. The van der Waals surface area contributed by atoms with Crippen molar-refractivity contribution < 1.29 is 18.7 Å². The van der Waals surface area contributed by atoms with Crippen molar-refractivity contribution in [1.82, 2.24) is 4.90 Å². The second-order valence-electron chi connectivity index (χ2n) is 4.45. The van der Waals surface area contributed by atoms with Crippen molar-refractivity contribution >= 4 is 17.6 Å². The summed E-state index contributed by atoms with van der Waals surface area (Å²) in [5, 5.41) is 0. The summed E-state index contributed by atoms with van der Waals surface area (Å²) in [5.41, 5.74) is 6.00. The molecular formula is C13H17FN2O3. The Morgan fingerprint density at radius 3 is 2.42 bits per heavy atom. The fraction of sp³-hybridized carbons (Fsp3) is 0.385. The van der Waals surface area contributed by atoms with E-state index in [-0.39, 0.29) is 22.7 Å². The van der Waals surface area contributed by atoms with E-state index in [0.29, 0.717) is 0 Å². The molecule has 0 spiro atoms. The van der Waals surface area contributed by atoms with Crippen LogP contribution in [-0.4, -0.2) is 37.0 Å². The standard InChI is InChI=1S/C13H17FN2O3/c1-7-10(14)5-9(6-11(7)15)13(18)19-8(2)12(17)16(3)4/h5-6,8H,15H2,1-4H3. The number of nitrogens with two attached hydrogens (primary N) is 1. The van der Waals surface area contributed by atoms with Crippen LogP contribution in [-0.2, 0) is 9.53 Å². The number of halogens is 1. The molecule has 0 radical (unpaired) electrons. The summed E-state index contributed by atoms with van der Waals surface area (Å²) in [6.45, 7) is 2.96. The summed E-state index contributed by atoms with van der Waals surface area (Å²) in [6, 6.07) is 2.37. The van der Waals surface area contributed by atoms with E-state index < -0.39 is 17.9 Å². The number of hydrogen-bond acceptors (Lipinski definition) is 4. The minimum absolute atomic E-state index is 0.0148. The number of anilines is 1. The van der Waals surface area contributed by atoms with E-state index in [0.717, 1.165) is 6.07 Å². The Balaban J connectivity index is 2.88. The molecule has 1 unspecified atom stereocenters. The van der Waals surface area contributed by atoms with Gasteiger partial charge >= 0.3 is 5.97 Å². The number of hydrogen-bond donors (Lipinski definition) is 1. The molecule has 0 aliphatic heterocycles. The van der Waals surface area contributed by atoms with Gasteiger partial charge in [-0.25, -0.2) is 9.18 Å². The molecule has 6 heteroatoms. The van der Waals surface area contributed by atoms with E-state index in [1.807, 2.05) is 0 Å². The molecule has 1 rings (SSSR count). The molecule has 1 amide bonds. The molecule has 1 atom stereocenters. The van der Waals surface area contributed by atoms with Crippen LogP contribution in [0.1, 0.15) is 22.8 Å². The van der Waals surface area contributed by atoms with E-state index in [1.54, 1.807) is 14.1 Å². The lowest BCUT2D eigenvalue weighted by Gasteiger charge is -2.17. The molecule has 0 aliphatic rings. The third-order valence-electron chi connectivity index (χ3n) is 2.69. The summed E-state index contributed by atoms with van der Waals surface area (Å²) in [7, 11) is 3.10. The van der Waals surface area contributed by atoms with Crippen LogP contribution in [0.25, 0.3) is 0 Å². The molecule has 0 aliphatic carbocycles. The van der Waals surface area contributed by atoms with Crippen molar-refractivity contribution in [2.75, 3.05) is 19.8 Å². The number of nitrogens with zero attached hydrogens (tertiary/aromatic N) is 1. The number of amides is 1. The van der Waals surface area contributed by atoms with Crippen LogP contribution in [0, 0.1) is 12.7 Å². The monoisotopic (exact) mass is 268 g/mol. The Morgan fingerprint density at radius 2 is 1.95 bits per heavy atom. The van der Waals surface area contributed by atoms with Crippen molar-refractivity contribution in [3.05, 3.63) is 29.1 Å². The number of carbonyl (C=O) groups excluding carboxylic acids is 2. The predicted octanol–water partition coefficient (Wildman–Crippen LogP) is 1.35. The van der Waals surface area contributed by atoms with Crippen LogP contribution in [0.2, 0.25) is 0 Å². The zero-order valence-electron chi connectivity index (χ0n) is 11.4. The first-order chi connectivity index (χ1) is 8.73. The van der Waals surface area contributed by atoms with Crippen LogP contribution in [0.4, 0.5) is 10.1 Å². The Labute approximate surface area is 111 Å². The number of benzene rings is 1. The molecule has 1 aromatic carbocycles. The first kappa shape index (κ1) is 14.9. The van der Waals surface area contributed by atoms with Crippen molar-refractivity contribution in [3.8, 4) is 0 Å². The molecule has 0 saturated carbocycles. The van der Waals surface area contributed by atoms with Crippen molar-refractivity contribution in [2.24, 2.45) is 0 Å². The SMILES string of the molecule is Cc1c(N)cc(C(=O)OC(C)C(=O)N(C)C)cc1F. The number of esters is 1. The Kier molecular flexibility index (Phi) is 4.47. The average Bonchev–Trinajstić information content (AvgIpc) is 2.33. The third-order valence-corrected chi connectivity index (χ3v) is 2.69. The highest BCUT2D eigenvalue weighted by Crippen LogP contribution is 2.18. The van der Waals surface area contributed by atoms with Gasteiger partial charge in [-0.15, -0.1) is 0 Å². The fourth-order valence-corrected chi connectivity index (χ4v) is 1.46. The highest BCUT2D eigenvalue weighted by atomic mass is 19.1. The van der Waals surface area contributed by atoms with Gasteiger partial charge in [-0.3, -0.25) is 4.79 Å². The van der Waals surface area contributed by atoms with E-state index >= 15 is 0 Å². The number of ether oxygens (including phenoxy) is 1. The highest BCUT2D eigenvalue weighted by molar-refractivity contribution is 5.93. The zero-order chi connectivity index (χ0) is 14.7. The largest absolute Gasteiger partial charge is 0.449 e. The van der Waals surface area contributed by atoms with Gasteiger partial charge in [-0.05, 0) is 26.0 Å². The number of carbonyl (C=O) groups is 2. The lowest BCUT2D eigenvalue weighted by Crippen LogP contribution is -2.34. The predicted molar refractivity (Wildman–Crippen MR) is 69.1 cm³/mol. The molecule has 104 valence electrons. The van der Waals surface area contributed by atoms with Crippen LogP contribution in [0.5, 0.6) is 0 Å². The Morgan fingerprint density at radius 1 is 1.37 bits per heavy atom. The lowest BCUT2D eigenvalue weighted by atomic mass is 10.1. The smallest absolute Gasteiger partial charge is 0.339 e. The van der Waals surface area contributed by atoms with E-state index in [1.165, 1.54) is 24.8 Å². The first-order valence-electron chi connectivity index (χ1n) is 5.71.